The summed E-state index contributed by atoms with van der Waals surface area (Å²) in [6, 6.07) is 0. The van der Waals surface area contributed by atoms with Gasteiger partial charge in [0.05, 0.1) is 32.7 Å². The van der Waals surface area contributed by atoms with E-state index in [9.17, 15) is 19.2 Å². The lowest BCUT2D eigenvalue weighted by molar-refractivity contribution is -0.190. The Bertz CT molecular complexity index is 906. The van der Waals surface area contributed by atoms with E-state index < -0.39 is 42.3 Å². The first-order valence-electron chi connectivity index (χ1n) is 25.0. The summed E-state index contributed by atoms with van der Waals surface area (Å²) in [5.41, 5.74) is -2.12. The van der Waals surface area contributed by atoms with Crippen molar-refractivity contribution in [2.45, 2.75) is 277 Å². The van der Waals surface area contributed by atoms with Gasteiger partial charge < -0.3 is 18.9 Å². The van der Waals surface area contributed by atoms with Crippen LogP contribution in [0.1, 0.15) is 272 Å². The van der Waals surface area contributed by atoms with E-state index in [1.807, 2.05) is 0 Å². The Balaban J connectivity index is 4.87. The molecule has 0 aliphatic heterocycles. The van der Waals surface area contributed by atoms with E-state index in [0.29, 0.717) is 19.3 Å². The van der Waals surface area contributed by atoms with Crippen LogP contribution in [0.3, 0.4) is 0 Å². The Morgan fingerprint density at radius 2 is 0.552 bits per heavy atom. The van der Waals surface area contributed by atoms with Crippen LogP contribution in [0.5, 0.6) is 0 Å². The zero-order valence-corrected chi connectivity index (χ0v) is 38.8. The van der Waals surface area contributed by atoms with E-state index >= 15 is 0 Å². The molecule has 0 fully saturated rings. The highest BCUT2D eigenvalue weighted by atomic mass is 16.6. The highest BCUT2D eigenvalue weighted by molar-refractivity contribution is 5.92. The molecule has 0 aliphatic carbocycles. The number of rotatable bonds is 45. The van der Waals surface area contributed by atoms with Crippen molar-refractivity contribution in [2.75, 3.05) is 19.8 Å². The molecule has 0 atom stereocenters. The van der Waals surface area contributed by atoms with E-state index in [4.69, 9.17) is 18.9 Å². The van der Waals surface area contributed by atoms with Gasteiger partial charge in [-0.1, -0.05) is 233 Å². The lowest BCUT2D eigenvalue weighted by Crippen LogP contribution is -2.48. The van der Waals surface area contributed by atoms with E-state index in [-0.39, 0.29) is 19.8 Å². The zero-order chi connectivity index (χ0) is 42.6. The van der Waals surface area contributed by atoms with Gasteiger partial charge in [0.2, 0.25) is 5.60 Å². The maximum Gasteiger partial charge on any atom is 0.351 e. The molecule has 58 heavy (non-hydrogen) atoms. The molecule has 342 valence electrons. The third-order valence-corrected chi connectivity index (χ3v) is 11.3. The van der Waals surface area contributed by atoms with Gasteiger partial charge in [0.1, 0.15) is 0 Å². The highest BCUT2D eigenvalue weighted by Crippen LogP contribution is 2.26. The average Bonchev–Trinajstić information content (AvgIpc) is 3.19. The van der Waals surface area contributed by atoms with Crippen LogP contribution in [0.4, 0.5) is 0 Å². The molecule has 0 aromatic heterocycles. The van der Waals surface area contributed by atoms with Crippen molar-refractivity contribution in [3.63, 3.8) is 0 Å². The summed E-state index contributed by atoms with van der Waals surface area (Å²) in [5, 5.41) is 0. The molecule has 0 aromatic rings. The second-order valence-corrected chi connectivity index (χ2v) is 17.2. The molecule has 0 saturated carbocycles. The number of hydrogen-bond donors (Lipinski definition) is 0. The number of unbranched alkanes of at least 4 members (excludes halogenated alkanes) is 33. The van der Waals surface area contributed by atoms with Gasteiger partial charge in [0, 0.05) is 6.92 Å². The number of esters is 4. The van der Waals surface area contributed by atoms with E-state index in [2.05, 4.69) is 20.8 Å². The largest absolute Gasteiger partial charge is 0.466 e. The quantitative estimate of drug-likeness (QED) is 0.0340. The molecule has 0 radical (unpaired) electrons. The van der Waals surface area contributed by atoms with Crippen molar-refractivity contribution in [1.29, 1.82) is 0 Å². The summed E-state index contributed by atoms with van der Waals surface area (Å²) in [6.45, 7) is 8.45. The molecule has 0 spiro atoms. The Morgan fingerprint density at radius 1 is 0.328 bits per heavy atom. The average molecular weight is 823 g/mol. The van der Waals surface area contributed by atoms with Crippen molar-refractivity contribution in [1.82, 2.24) is 0 Å². The molecular formula is C50H94O8. The van der Waals surface area contributed by atoms with E-state index in [1.165, 1.54) is 174 Å². The predicted molar refractivity (Wildman–Crippen MR) is 240 cm³/mol. The van der Waals surface area contributed by atoms with Crippen molar-refractivity contribution >= 4 is 23.9 Å². The SMILES string of the molecule is CCCCCCCCCCCCCCOC(=O)CC(CC(=O)OCCCCCCCCCCCCCC)(OC(C)=O)C(=O)OCCCCCCCCCCCCCC. The molecule has 0 rings (SSSR count). The van der Waals surface area contributed by atoms with Crippen molar-refractivity contribution < 1.29 is 38.1 Å². The Kier molecular flexibility index (Phi) is 41.4. The molecule has 0 aromatic carbocycles. The molecule has 0 aliphatic rings. The summed E-state index contributed by atoms with van der Waals surface area (Å²) in [7, 11) is 0. The topological polar surface area (TPSA) is 105 Å². The van der Waals surface area contributed by atoms with Crippen LogP contribution in [-0.2, 0) is 38.1 Å². The third-order valence-electron chi connectivity index (χ3n) is 11.3. The first-order valence-corrected chi connectivity index (χ1v) is 25.0. The zero-order valence-electron chi connectivity index (χ0n) is 38.8. The first-order chi connectivity index (χ1) is 28.3. The van der Waals surface area contributed by atoms with Gasteiger partial charge >= 0.3 is 23.9 Å². The summed E-state index contributed by atoms with van der Waals surface area (Å²) in [4.78, 5) is 52.2. The number of carbonyl (C=O) groups is 4. The third kappa shape index (κ3) is 36.9. The molecule has 0 unspecified atom stereocenters. The van der Waals surface area contributed by atoms with Crippen molar-refractivity contribution in [3.8, 4) is 0 Å². The number of carbonyl (C=O) groups excluding carboxylic acids is 4. The normalized spacial score (nSPS) is 11.4. The van der Waals surface area contributed by atoms with Gasteiger partial charge in [0.15, 0.2) is 0 Å². The molecule has 0 bridgehead atoms. The minimum atomic E-state index is -2.12. The van der Waals surface area contributed by atoms with Gasteiger partial charge in [-0.05, 0) is 19.3 Å². The monoisotopic (exact) mass is 823 g/mol. The second kappa shape index (κ2) is 43.0. The molecule has 0 saturated heterocycles. The fraction of sp³-hybridized carbons (Fsp3) is 0.920. The minimum Gasteiger partial charge on any atom is -0.466 e. The maximum absolute atomic E-state index is 13.6. The molecule has 8 nitrogen and oxygen atoms in total. The van der Waals surface area contributed by atoms with Crippen molar-refractivity contribution in [3.05, 3.63) is 0 Å². The first kappa shape index (κ1) is 55.9. The fourth-order valence-electron chi connectivity index (χ4n) is 7.66. The van der Waals surface area contributed by atoms with Gasteiger partial charge in [-0.25, -0.2) is 4.79 Å². The van der Waals surface area contributed by atoms with Crippen LogP contribution in [0.15, 0.2) is 0 Å². The lowest BCUT2D eigenvalue weighted by Gasteiger charge is -2.29. The lowest BCUT2D eigenvalue weighted by atomic mass is 9.95. The smallest absolute Gasteiger partial charge is 0.351 e. The summed E-state index contributed by atoms with van der Waals surface area (Å²) in [6.07, 6.45) is 41.7. The molecule has 0 heterocycles. The van der Waals surface area contributed by atoms with E-state index in [1.54, 1.807) is 0 Å². The minimum absolute atomic E-state index is 0.126. The summed E-state index contributed by atoms with van der Waals surface area (Å²) < 4.78 is 22.2. The maximum atomic E-state index is 13.6. The molecule has 0 N–H and O–H groups in total. The van der Waals surface area contributed by atoms with Crippen LogP contribution in [0.25, 0.3) is 0 Å². The highest BCUT2D eigenvalue weighted by Gasteiger charge is 2.48. The van der Waals surface area contributed by atoms with Crippen LogP contribution in [0, 0.1) is 0 Å². The Hall–Kier alpha value is -2.12. The number of hydrogen-bond acceptors (Lipinski definition) is 8. The molecule has 0 amide bonds. The molecule has 8 heteroatoms. The summed E-state index contributed by atoms with van der Waals surface area (Å²) >= 11 is 0. The Labute approximate surface area is 358 Å². The van der Waals surface area contributed by atoms with Crippen LogP contribution in [0.2, 0.25) is 0 Å². The fourth-order valence-corrected chi connectivity index (χ4v) is 7.66. The van der Waals surface area contributed by atoms with Gasteiger partial charge in [0.25, 0.3) is 0 Å². The van der Waals surface area contributed by atoms with Gasteiger partial charge in [-0.2, -0.15) is 0 Å². The standard InChI is InChI=1S/C50H94O8/c1-5-8-11-14-17-20-23-26-29-32-35-38-41-55-47(52)44-50(58-46(4)51,49(54)57-43-40-37-34-31-28-25-22-19-16-13-10-7-3)45-48(53)56-42-39-36-33-30-27-24-21-18-15-12-9-6-2/h5-45H2,1-4H3. The van der Waals surface area contributed by atoms with Crippen molar-refractivity contribution in [2.24, 2.45) is 0 Å². The van der Waals surface area contributed by atoms with Gasteiger partial charge in [-0.3, -0.25) is 14.4 Å². The Morgan fingerprint density at radius 3 is 0.793 bits per heavy atom. The van der Waals surface area contributed by atoms with Crippen LogP contribution in [-0.4, -0.2) is 49.3 Å². The predicted octanol–water partition coefficient (Wildman–Crippen LogP) is 14.8. The summed E-state index contributed by atoms with van der Waals surface area (Å²) in [5.74, 6) is -3.05. The second-order valence-electron chi connectivity index (χ2n) is 17.2. The van der Waals surface area contributed by atoms with Crippen LogP contribution < -0.4 is 0 Å². The van der Waals surface area contributed by atoms with Gasteiger partial charge in [-0.15, -0.1) is 0 Å². The molecular weight excluding hydrogens is 729 g/mol. The number of ether oxygens (including phenoxy) is 4. The van der Waals surface area contributed by atoms with Crippen LogP contribution >= 0.6 is 0 Å². The van der Waals surface area contributed by atoms with E-state index in [0.717, 1.165) is 44.9 Å².